The first-order valence-electron chi connectivity index (χ1n) is 8.94. The summed E-state index contributed by atoms with van der Waals surface area (Å²) in [7, 11) is 1.61. The largest absolute Gasteiger partial charge is 0.495 e. The third kappa shape index (κ3) is 5.07. The quantitative estimate of drug-likeness (QED) is 0.875. The van der Waals surface area contributed by atoms with Crippen molar-refractivity contribution in [2.75, 3.05) is 32.1 Å². The molecule has 25 heavy (non-hydrogen) atoms. The van der Waals surface area contributed by atoms with E-state index >= 15 is 0 Å². The van der Waals surface area contributed by atoms with Gasteiger partial charge >= 0.3 is 0 Å². The standard InChI is InChI=1S/C21H26N2O2/c1-25-20-10-6-5-9-19(20)22-21(24)16-23-13-11-18(12-14-23)15-17-7-3-2-4-8-17/h2-10,18H,11-16H2,1H3,(H,22,24). The molecule has 0 bridgehead atoms. The van der Waals surface area contributed by atoms with Gasteiger partial charge in [-0.3, -0.25) is 9.69 Å². The highest BCUT2D eigenvalue weighted by Crippen LogP contribution is 2.24. The Kier molecular flexibility index (Phi) is 6.07. The normalized spacial score (nSPS) is 15.7. The molecule has 0 atom stereocenters. The molecular weight excluding hydrogens is 312 g/mol. The first-order valence-corrected chi connectivity index (χ1v) is 8.94. The van der Waals surface area contributed by atoms with Gasteiger partial charge in [0.25, 0.3) is 0 Å². The van der Waals surface area contributed by atoms with Crippen molar-refractivity contribution in [2.24, 2.45) is 5.92 Å². The number of piperidine rings is 1. The highest BCUT2D eigenvalue weighted by Gasteiger charge is 2.21. The van der Waals surface area contributed by atoms with Crippen LogP contribution in [0.15, 0.2) is 54.6 Å². The molecule has 0 unspecified atom stereocenters. The van der Waals surface area contributed by atoms with Crippen LogP contribution >= 0.6 is 0 Å². The fourth-order valence-electron chi connectivity index (χ4n) is 3.44. The molecule has 1 amide bonds. The van der Waals surface area contributed by atoms with Gasteiger partial charge in [0, 0.05) is 0 Å². The molecule has 1 heterocycles. The Morgan fingerprint density at radius 1 is 1.08 bits per heavy atom. The van der Waals surface area contributed by atoms with Gasteiger partial charge in [0.1, 0.15) is 5.75 Å². The predicted molar refractivity (Wildman–Crippen MR) is 101 cm³/mol. The Morgan fingerprint density at radius 2 is 1.76 bits per heavy atom. The first kappa shape index (κ1) is 17.5. The van der Waals surface area contributed by atoms with Crippen molar-refractivity contribution >= 4 is 11.6 Å². The molecule has 0 radical (unpaired) electrons. The lowest BCUT2D eigenvalue weighted by molar-refractivity contribution is -0.117. The summed E-state index contributed by atoms with van der Waals surface area (Å²) >= 11 is 0. The van der Waals surface area contributed by atoms with Crippen LogP contribution in [0.5, 0.6) is 5.75 Å². The summed E-state index contributed by atoms with van der Waals surface area (Å²) in [6.07, 6.45) is 3.44. The van der Waals surface area contributed by atoms with Crippen LogP contribution in [0.4, 0.5) is 5.69 Å². The van der Waals surface area contributed by atoms with Gasteiger partial charge < -0.3 is 10.1 Å². The number of anilines is 1. The minimum Gasteiger partial charge on any atom is -0.495 e. The molecule has 4 heteroatoms. The Bertz CT molecular complexity index is 679. The lowest BCUT2D eigenvalue weighted by Crippen LogP contribution is -2.39. The van der Waals surface area contributed by atoms with Crippen LogP contribution in [0, 0.1) is 5.92 Å². The van der Waals surface area contributed by atoms with E-state index in [1.807, 2.05) is 24.3 Å². The maximum Gasteiger partial charge on any atom is 0.238 e. The van der Waals surface area contributed by atoms with Crippen LogP contribution in [0.25, 0.3) is 0 Å². The molecule has 1 aliphatic heterocycles. The lowest BCUT2D eigenvalue weighted by atomic mass is 9.90. The highest BCUT2D eigenvalue weighted by atomic mass is 16.5. The summed E-state index contributed by atoms with van der Waals surface area (Å²) in [5.41, 5.74) is 2.14. The van der Waals surface area contributed by atoms with E-state index in [1.54, 1.807) is 7.11 Å². The van der Waals surface area contributed by atoms with Gasteiger partial charge in [0.15, 0.2) is 0 Å². The summed E-state index contributed by atoms with van der Waals surface area (Å²) in [6.45, 7) is 2.41. The van der Waals surface area contributed by atoms with Crippen LogP contribution < -0.4 is 10.1 Å². The molecule has 1 N–H and O–H groups in total. The second-order valence-corrected chi connectivity index (χ2v) is 6.66. The lowest BCUT2D eigenvalue weighted by Gasteiger charge is -2.31. The van der Waals surface area contributed by atoms with E-state index in [0.29, 0.717) is 12.3 Å². The first-order chi connectivity index (χ1) is 12.2. The molecule has 1 aliphatic rings. The zero-order chi connectivity index (χ0) is 17.5. The molecule has 2 aromatic rings. The number of carbonyl (C=O) groups excluding carboxylic acids is 1. The van der Waals surface area contributed by atoms with E-state index in [0.717, 1.165) is 44.0 Å². The Hall–Kier alpha value is -2.33. The second kappa shape index (κ2) is 8.67. The van der Waals surface area contributed by atoms with Gasteiger partial charge in [-0.1, -0.05) is 42.5 Å². The molecule has 0 aromatic heterocycles. The fraction of sp³-hybridized carbons (Fsp3) is 0.381. The Labute approximate surface area is 149 Å². The Morgan fingerprint density at radius 3 is 2.48 bits per heavy atom. The van der Waals surface area contributed by atoms with Crippen LogP contribution in [0.2, 0.25) is 0 Å². The molecule has 4 nitrogen and oxygen atoms in total. The molecule has 1 fully saturated rings. The van der Waals surface area contributed by atoms with Crippen molar-refractivity contribution in [3.05, 3.63) is 60.2 Å². The van der Waals surface area contributed by atoms with E-state index in [2.05, 4.69) is 40.5 Å². The number of rotatable bonds is 6. The van der Waals surface area contributed by atoms with Crippen LogP contribution in [0.3, 0.4) is 0 Å². The van der Waals surface area contributed by atoms with Crippen molar-refractivity contribution in [2.45, 2.75) is 19.3 Å². The third-order valence-electron chi connectivity index (χ3n) is 4.82. The molecule has 3 rings (SSSR count). The van der Waals surface area contributed by atoms with Gasteiger partial charge in [-0.25, -0.2) is 0 Å². The van der Waals surface area contributed by atoms with Crippen LogP contribution in [0.1, 0.15) is 18.4 Å². The van der Waals surface area contributed by atoms with Crippen molar-refractivity contribution < 1.29 is 9.53 Å². The van der Waals surface area contributed by atoms with Crippen molar-refractivity contribution in [3.8, 4) is 5.75 Å². The van der Waals surface area contributed by atoms with E-state index < -0.39 is 0 Å². The maximum absolute atomic E-state index is 12.3. The second-order valence-electron chi connectivity index (χ2n) is 6.66. The van der Waals surface area contributed by atoms with Crippen molar-refractivity contribution in [1.29, 1.82) is 0 Å². The molecule has 0 saturated carbocycles. The maximum atomic E-state index is 12.3. The van der Waals surface area contributed by atoms with E-state index in [1.165, 1.54) is 5.56 Å². The van der Waals surface area contributed by atoms with Gasteiger partial charge in [0.05, 0.1) is 19.3 Å². The molecule has 2 aromatic carbocycles. The third-order valence-corrected chi connectivity index (χ3v) is 4.82. The number of carbonyl (C=O) groups is 1. The average Bonchev–Trinajstić information content (AvgIpc) is 2.64. The smallest absolute Gasteiger partial charge is 0.238 e. The molecule has 0 spiro atoms. The topological polar surface area (TPSA) is 41.6 Å². The highest BCUT2D eigenvalue weighted by molar-refractivity contribution is 5.93. The van der Waals surface area contributed by atoms with E-state index in [4.69, 9.17) is 4.74 Å². The summed E-state index contributed by atoms with van der Waals surface area (Å²) in [5, 5.41) is 2.95. The number of hydrogen-bond donors (Lipinski definition) is 1. The van der Waals surface area contributed by atoms with Crippen molar-refractivity contribution in [3.63, 3.8) is 0 Å². The summed E-state index contributed by atoms with van der Waals surface area (Å²) in [5.74, 6) is 1.43. The minimum atomic E-state index is 0.0195. The van der Waals surface area contributed by atoms with E-state index in [-0.39, 0.29) is 5.91 Å². The van der Waals surface area contributed by atoms with Crippen molar-refractivity contribution in [1.82, 2.24) is 4.90 Å². The molecule has 1 saturated heterocycles. The number of amides is 1. The summed E-state index contributed by atoms with van der Waals surface area (Å²) in [4.78, 5) is 14.6. The number of benzene rings is 2. The number of nitrogens with zero attached hydrogens (tertiary/aromatic N) is 1. The monoisotopic (exact) mass is 338 g/mol. The Balaban J connectivity index is 1.45. The predicted octanol–water partition coefficient (Wildman–Crippen LogP) is 3.59. The number of hydrogen-bond acceptors (Lipinski definition) is 3. The van der Waals surface area contributed by atoms with Gasteiger partial charge in [0.2, 0.25) is 5.91 Å². The summed E-state index contributed by atoms with van der Waals surface area (Å²) in [6, 6.07) is 18.2. The zero-order valence-corrected chi connectivity index (χ0v) is 14.8. The SMILES string of the molecule is COc1ccccc1NC(=O)CN1CCC(Cc2ccccc2)CC1. The minimum absolute atomic E-state index is 0.0195. The van der Waals surface area contributed by atoms with Crippen LogP contribution in [-0.2, 0) is 11.2 Å². The van der Waals surface area contributed by atoms with E-state index in [9.17, 15) is 4.79 Å². The number of ether oxygens (including phenoxy) is 1. The number of methoxy groups -OCH3 is 1. The van der Waals surface area contributed by atoms with Gasteiger partial charge in [-0.05, 0) is 56.0 Å². The molecular formula is C21H26N2O2. The van der Waals surface area contributed by atoms with Gasteiger partial charge in [-0.15, -0.1) is 0 Å². The molecule has 132 valence electrons. The van der Waals surface area contributed by atoms with Gasteiger partial charge in [-0.2, -0.15) is 0 Å². The fourth-order valence-corrected chi connectivity index (χ4v) is 3.44. The number of likely N-dealkylation sites (tertiary alicyclic amines) is 1. The zero-order valence-electron chi connectivity index (χ0n) is 14.8. The number of nitrogens with one attached hydrogen (secondary N) is 1. The number of para-hydroxylation sites is 2. The van der Waals surface area contributed by atoms with Crippen LogP contribution in [-0.4, -0.2) is 37.6 Å². The average molecular weight is 338 g/mol. The summed E-state index contributed by atoms with van der Waals surface area (Å²) < 4.78 is 5.28. The molecule has 0 aliphatic carbocycles.